The van der Waals surface area contributed by atoms with Crippen LogP contribution in [0, 0.1) is 10.8 Å². The van der Waals surface area contributed by atoms with Gasteiger partial charge in [0.15, 0.2) is 0 Å². The number of benzene rings is 4. The fourth-order valence-electron chi connectivity index (χ4n) is 4.51. The van der Waals surface area contributed by atoms with Crippen molar-refractivity contribution in [1.29, 1.82) is 10.8 Å². The normalized spacial score (nSPS) is 12.3. The van der Waals surface area contributed by atoms with E-state index in [0.29, 0.717) is 34.2 Å². The van der Waals surface area contributed by atoms with Gasteiger partial charge in [0, 0.05) is 29.7 Å². The summed E-state index contributed by atoms with van der Waals surface area (Å²) < 4.78 is 5.36. The molecule has 0 fully saturated rings. The average molecular weight is 537 g/mol. The number of rotatable bonds is 10. The first-order chi connectivity index (χ1) is 19.1. The van der Waals surface area contributed by atoms with Gasteiger partial charge in [0.2, 0.25) is 0 Å². The lowest BCUT2D eigenvalue weighted by Crippen LogP contribution is -2.48. The van der Waals surface area contributed by atoms with E-state index < -0.39 is 11.5 Å². The molecule has 204 valence electrons. The summed E-state index contributed by atoms with van der Waals surface area (Å²) in [4.78, 5) is 26.3. The summed E-state index contributed by atoms with van der Waals surface area (Å²) in [6.45, 7) is 2.21. The lowest BCUT2D eigenvalue weighted by Gasteiger charge is -2.28. The molecule has 1 atom stereocenters. The largest absolute Gasteiger partial charge is 0.464 e. The minimum atomic E-state index is -1.48. The summed E-state index contributed by atoms with van der Waals surface area (Å²) in [7, 11) is 0. The smallest absolute Gasteiger partial charge is 0.331 e. The number of hydrogen-bond acceptors (Lipinski definition) is 6. The monoisotopic (exact) mass is 536 g/mol. The van der Waals surface area contributed by atoms with Crippen LogP contribution >= 0.6 is 0 Å². The summed E-state index contributed by atoms with van der Waals surface area (Å²) in [6.07, 6.45) is 0.165. The van der Waals surface area contributed by atoms with E-state index >= 15 is 0 Å². The van der Waals surface area contributed by atoms with Crippen LogP contribution < -0.4 is 22.5 Å². The summed E-state index contributed by atoms with van der Waals surface area (Å²) in [5, 5.41) is 19.5. The molecule has 4 aromatic rings. The third-order valence-electron chi connectivity index (χ3n) is 6.75. The first-order valence-corrected chi connectivity index (χ1v) is 12.8. The highest BCUT2D eigenvalue weighted by molar-refractivity contribution is 6.07. The Morgan fingerprint density at radius 1 is 0.850 bits per heavy atom. The van der Waals surface area contributed by atoms with Crippen LogP contribution in [0.2, 0.25) is 0 Å². The molecule has 9 nitrogen and oxygen atoms in total. The maximum atomic E-state index is 13.2. The Hall–Kier alpha value is -5.02. The second kappa shape index (κ2) is 11.8. The Labute approximate surface area is 232 Å². The van der Waals surface area contributed by atoms with Crippen LogP contribution in [0.1, 0.15) is 45.1 Å². The van der Waals surface area contributed by atoms with E-state index in [4.69, 9.17) is 32.8 Å². The molecule has 0 aliphatic heterocycles. The molecule has 1 unspecified atom stereocenters. The number of esters is 1. The zero-order chi connectivity index (χ0) is 28.9. The molecule has 0 heterocycles. The van der Waals surface area contributed by atoms with Crippen molar-refractivity contribution in [3.05, 3.63) is 118 Å². The maximum Gasteiger partial charge on any atom is 0.331 e. The average Bonchev–Trinajstić information content (AvgIpc) is 2.95. The summed E-state index contributed by atoms with van der Waals surface area (Å²) >= 11 is 0. The van der Waals surface area contributed by atoms with E-state index in [9.17, 15) is 9.59 Å². The molecular formula is C31H32N6O3. The number of hydrogen-bond donors (Lipinski definition) is 6. The van der Waals surface area contributed by atoms with Crippen LogP contribution in [0.4, 0.5) is 0 Å². The first kappa shape index (κ1) is 28.0. The Bertz CT molecular complexity index is 1580. The fourth-order valence-corrected chi connectivity index (χ4v) is 4.51. The van der Waals surface area contributed by atoms with Gasteiger partial charge in [-0.25, -0.2) is 4.79 Å². The highest BCUT2D eigenvalue weighted by atomic mass is 16.5. The minimum absolute atomic E-state index is 0.0129. The van der Waals surface area contributed by atoms with Crippen molar-refractivity contribution in [2.24, 2.45) is 17.2 Å². The number of amides is 1. The van der Waals surface area contributed by atoms with Crippen LogP contribution in [0.15, 0.2) is 84.9 Å². The van der Waals surface area contributed by atoms with Gasteiger partial charge in [-0.15, -0.1) is 0 Å². The SMILES string of the molecule is CCOC(=O)C(N)(Cc1ccc(C(=N)N)cc1)c1ccc2c(C(=O)NCc3ccc(C(=N)N)cc3)cccc2c1. The van der Waals surface area contributed by atoms with Crippen molar-refractivity contribution in [2.75, 3.05) is 6.61 Å². The number of amidine groups is 2. The first-order valence-electron chi connectivity index (χ1n) is 12.8. The predicted octanol–water partition coefficient (Wildman–Crippen LogP) is 3.30. The van der Waals surface area contributed by atoms with Gasteiger partial charge in [0.25, 0.3) is 5.91 Å². The molecule has 40 heavy (non-hydrogen) atoms. The number of nitrogen functional groups attached to an aromatic ring is 2. The lowest BCUT2D eigenvalue weighted by atomic mass is 9.83. The third kappa shape index (κ3) is 6.00. The Kier molecular flexibility index (Phi) is 8.26. The maximum absolute atomic E-state index is 13.2. The van der Waals surface area contributed by atoms with Gasteiger partial charge in [-0.05, 0) is 46.5 Å². The standard InChI is InChI=1S/C31H32N6O3/c1-2-40-30(39)31(36,17-19-6-10-21(11-7-19)27(32)33)24-14-15-25-23(16-24)4-3-5-26(25)29(38)37-18-20-8-12-22(13-9-20)28(34)35/h3-16H,2,17-18,36H2,1H3,(H3,32,33)(H3,34,35)(H,37,38). The summed E-state index contributed by atoms with van der Waals surface area (Å²) in [6, 6.07) is 24.9. The van der Waals surface area contributed by atoms with Gasteiger partial charge in [0.05, 0.1) is 6.61 Å². The van der Waals surface area contributed by atoms with Crippen LogP contribution in [0.25, 0.3) is 10.8 Å². The van der Waals surface area contributed by atoms with Gasteiger partial charge < -0.3 is 27.3 Å². The number of carbonyl (C=O) groups is 2. The van der Waals surface area contributed by atoms with E-state index in [1.54, 1.807) is 67.6 Å². The molecule has 0 aliphatic carbocycles. The van der Waals surface area contributed by atoms with E-state index in [1.165, 1.54) is 0 Å². The summed E-state index contributed by atoms with van der Waals surface area (Å²) in [5.74, 6) is -0.865. The van der Waals surface area contributed by atoms with Gasteiger partial charge in [-0.3, -0.25) is 15.6 Å². The van der Waals surface area contributed by atoms with Gasteiger partial charge >= 0.3 is 5.97 Å². The van der Waals surface area contributed by atoms with Gasteiger partial charge in [-0.1, -0.05) is 72.8 Å². The van der Waals surface area contributed by atoms with Crippen molar-refractivity contribution in [2.45, 2.75) is 25.4 Å². The quantitative estimate of drug-likeness (QED) is 0.103. The molecule has 1 amide bonds. The van der Waals surface area contributed by atoms with Crippen molar-refractivity contribution >= 4 is 34.3 Å². The zero-order valence-electron chi connectivity index (χ0n) is 22.2. The Balaban J connectivity index is 1.61. The topological polar surface area (TPSA) is 181 Å². The van der Waals surface area contributed by atoms with Crippen molar-refractivity contribution < 1.29 is 14.3 Å². The molecule has 0 aromatic heterocycles. The second-order valence-electron chi connectivity index (χ2n) is 9.51. The van der Waals surface area contributed by atoms with Crippen LogP contribution in [0.5, 0.6) is 0 Å². The highest BCUT2D eigenvalue weighted by Gasteiger charge is 2.38. The Morgan fingerprint density at radius 3 is 2.02 bits per heavy atom. The van der Waals surface area contributed by atoms with E-state index in [2.05, 4.69) is 5.32 Å². The second-order valence-corrected chi connectivity index (χ2v) is 9.51. The highest BCUT2D eigenvalue weighted by Crippen LogP contribution is 2.30. The van der Waals surface area contributed by atoms with Gasteiger partial charge in [0.1, 0.15) is 17.2 Å². The fraction of sp³-hybridized carbons (Fsp3) is 0.161. The van der Waals surface area contributed by atoms with E-state index in [1.807, 2.05) is 24.3 Å². The number of carbonyl (C=O) groups excluding carboxylic acids is 2. The minimum Gasteiger partial charge on any atom is -0.464 e. The molecule has 0 spiro atoms. The van der Waals surface area contributed by atoms with Crippen molar-refractivity contribution in [3.8, 4) is 0 Å². The molecule has 0 saturated heterocycles. The zero-order valence-corrected chi connectivity index (χ0v) is 22.2. The van der Waals surface area contributed by atoms with Gasteiger partial charge in [-0.2, -0.15) is 0 Å². The van der Waals surface area contributed by atoms with E-state index in [0.717, 1.165) is 16.5 Å². The molecule has 0 saturated carbocycles. The van der Waals surface area contributed by atoms with Crippen LogP contribution in [-0.2, 0) is 28.0 Å². The lowest BCUT2D eigenvalue weighted by molar-refractivity contribution is -0.150. The molecule has 9 N–H and O–H groups in total. The predicted molar refractivity (Wildman–Crippen MR) is 156 cm³/mol. The molecule has 9 heteroatoms. The molecule has 0 radical (unpaired) electrons. The van der Waals surface area contributed by atoms with Crippen LogP contribution in [-0.4, -0.2) is 30.2 Å². The third-order valence-corrected chi connectivity index (χ3v) is 6.75. The number of fused-ring (bicyclic) bond motifs is 1. The number of nitrogens with two attached hydrogens (primary N) is 3. The Morgan fingerprint density at radius 2 is 1.45 bits per heavy atom. The van der Waals surface area contributed by atoms with E-state index in [-0.39, 0.29) is 30.6 Å². The molecule has 4 rings (SSSR count). The number of nitrogens with one attached hydrogen (secondary N) is 3. The molecular weight excluding hydrogens is 504 g/mol. The van der Waals surface area contributed by atoms with Crippen molar-refractivity contribution in [3.63, 3.8) is 0 Å². The molecule has 4 aromatic carbocycles. The number of ether oxygens (including phenoxy) is 1. The molecule has 0 aliphatic rings. The molecule has 0 bridgehead atoms. The van der Waals surface area contributed by atoms with Crippen LogP contribution in [0.3, 0.4) is 0 Å². The van der Waals surface area contributed by atoms with Crippen molar-refractivity contribution in [1.82, 2.24) is 5.32 Å². The summed E-state index contributed by atoms with van der Waals surface area (Å²) in [5.41, 5.74) is 20.3.